The number of nitrogens with zero attached hydrogens (tertiary/aromatic N) is 4. The molecule has 0 saturated carbocycles. The molecule has 0 bridgehead atoms. The first-order chi connectivity index (χ1) is 16.9. The van der Waals surface area contributed by atoms with Crippen LogP contribution in [0.1, 0.15) is 5.89 Å². The van der Waals surface area contributed by atoms with Crippen molar-refractivity contribution >= 4 is 29.2 Å². The van der Waals surface area contributed by atoms with Gasteiger partial charge in [0.15, 0.2) is 11.5 Å². The van der Waals surface area contributed by atoms with Crippen molar-refractivity contribution in [2.75, 3.05) is 32.8 Å². The number of amides is 1. The van der Waals surface area contributed by atoms with Gasteiger partial charge in [-0.15, -0.1) is 11.3 Å². The fourth-order valence-corrected chi connectivity index (χ4v) is 4.14. The van der Waals surface area contributed by atoms with Crippen molar-refractivity contribution < 1.29 is 38.6 Å². The molecule has 2 aliphatic heterocycles. The molecule has 1 fully saturated rings. The highest BCUT2D eigenvalue weighted by molar-refractivity contribution is 7.13. The maximum atomic E-state index is 12.8. The standard InChI is InChI=1S/C20H20N4O4S.C2H2O4/c25-20(16-13-26-14-4-1-2-5-15(14)27-16)24-9-7-23(8-10-24)12-18-21-19(22-28-18)17-6-3-11-29-17;3-1(4)2(5)6/h1-6,11,16H,7-10,12-13H2;(H,3,4)(H,5,6). The Hall–Kier alpha value is -3.97. The van der Waals surface area contributed by atoms with Crippen LogP contribution in [0.2, 0.25) is 0 Å². The average Bonchev–Trinajstić information content (AvgIpc) is 3.56. The number of para-hydroxylation sites is 2. The van der Waals surface area contributed by atoms with Gasteiger partial charge in [0.25, 0.3) is 5.91 Å². The van der Waals surface area contributed by atoms with E-state index in [0.29, 0.717) is 42.8 Å². The largest absolute Gasteiger partial charge is 0.485 e. The summed E-state index contributed by atoms with van der Waals surface area (Å²) in [4.78, 5) is 40.5. The molecular weight excluding hydrogens is 480 g/mol. The molecule has 35 heavy (non-hydrogen) atoms. The lowest BCUT2D eigenvalue weighted by atomic mass is 10.2. The highest BCUT2D eigenvalue weighted by Crippen LogP contribution is 2.31. The monoisotopic (exact) mass is 502 g/mol. The number of thiophene rings is 1. The van der Waals surface area contributed by atoms with Crippen LogP contribution >= 0.6 is 11.3 Å². The number of hydrogen-bond donors (Lipinski definition) is 2. The van der Waals surface area contributed by atoms with Crippen LogP contribution < -0.4 is 9.47 Å². The maximum Gasteiger partial charge on any atom is 0.414 e. The van der Waals surface area contributed by atoms with E-state index in [0.717, 1.165) is 18.0 Å². The van der Waals surface area contributed by atoms with E-state index in [1.807, 2.05) is 46.7 Å². The molecule has 1 atom stereocenters. The lowest BCUT2D eigenvalue weighted by Crippen LogP contribution is -2.53. The number of rotatable bonds is 4. The average molecular weight is 503 g/mol. The summed E-state index contributed by atoms with van der Waals surface area (Å²) >= 11 is 1.58. The van der Waals surface area contributed by atoms with Crippen LogP contribution in [0, 0.1) is 0 Å². The van der Waals surface area contributed by atoms with Gasteiger partial charge in [-0.25, -0.2) is 9.59 Å². The van der Waals surface area contributed by atoms with Crippen LogP contribution in [-0.2, 0) is 20.9 Å². The van der Waals surface area contributed by atoms with Gasteiger partial charge in [-0.1, -0.05) is 23.4 Å². The molecule has 13 heteroatoms. The summed E-state index contributed by atoms with van der Waals surface area (Å²) in [5.74, 6) is -1.16. The molecule has 4 heterocycles. The van der Waals surface area contributed by atoms with Gasteiger partial charge < -0.3 is 29.1 Å². The Bertz CT molecular complexity index is 1160. The first-order valence-electron chi connectivity index (χ1n) is 10.6. The van der Waals surface area contributed by atoms with E-state index in [1.165, 1.54) is 0 Å². The van der Waals surface area contributed by atoms with Crippen LogP contribution in [-0.4, -0.2) is 86.9 Å². The van der Waals surface area contributed by atoms with E-state index in [2.05, 4.69) is 15.0 Å². The number of hydrogen-bond acceptors (Lipinski definition) is 10. The van der Waals surface area contributed by atoms with E-state index in [9.17, 15) is 4.79 Å². The second kappa shape index (κ2) is 11.0. The fourth-order valence-electron chi connectivity index (χ4n) is 3.49. The number of piperazine rings is 1. The minimum Gasteiger partial charge on any atom is -0.485 e. The zero-order valence-corrected chi connectivity index (χ0v) is 19.2. The van der Waals surface area contributed by atoms with Gasteiger partial charge in [-0.05, 0) is 23.6 Å². The number of benzene rings is 1. The molecule has 3 aromatic rings. The summed E-state index contributed by atoms with van der Waals surface area (Å²) in [6, 6.07) is 11.4. The quantitative estimate of drug-likeness (QED) is 0.498. The topological polar surface area (TPSA) is 156 Å². The summed E-state index contributed by atoms with van der Waals surface area (Å²) in [5.41, 5.74) is 0. The van der Waals surface area contributed by atoms with Crippen molar-refractivity contribution in [3.63, 3.8) is 0 Å². The number of carbonyl (C=O) groups is 3. The molecule has 5 rings (SSSR count). The van der Waals surface area contributed by atoms with Gasteiger partial charge in [0.05, 0.1) is 11.4 Å². The molecule has 0 spiro atoms. The van der Waals surface area contributed by atoms with Gasteiger partial charge in [0.2, 0.25) is 17.8 Å². The molecule has 0 radical (unpaired) electrons. The summed E-state index contributed by atoms with van der Waals surface area (Å²) in [6.07, 6.45) is -0.597. The van der Waals surface area contributed by atoms with E-state index in [4.69, 9.17) is 33.8 Å². The normalized spacial score (nSPS) is 17.3. The molecule has 12 nitrogen and oxygen atoms in total. The van der Waals surface area contributed by atoms with Gasteiger partial charge >= 0.3 is 11.9 Å². The number of ether oxygens (including phenoxy) is 2. The lowest BCUT2D eigenvalue weighted by Gasteiger charge is -2.36. The van der Waals surface area contributed by atoms with Crippen molar-refractivity contribution in [1.82, 2.24) is 19.9 Å². The van der Waals surface area contributed by atoms with Crippen LogP contribution in [0.5, 0.6) is 11.5 Å². The molecule has 2 aliphatic rings. The van der Waals surface area contributed by atoms with E-state index in [-0.39, 0.29) is 12.5 Å². The molecule has 1 aromatic carbocycles. The fraction of sp³-hybridized carbons (Fsp3) is 0.318. The maximum absolute atomic E-state index is 12.8. The number of aliphatic carboxylic acids is 2. The number of carbonyl (C=O) groups excluding carboxylic acids is 1. The highest BCUT2D eigenvalue weighted by atomic mass is 32.1. The molecule has 2 N–H and O–H groups in total. The first kappa shape index (κ1) is 24.2. The van der Waals surface area contributed by atoms with Crippen molar-refractivity contribution in [2.45, 2.75) is 12.6 Å². The molecule has 1 amide bonds. The third kappa shape index (κ3) is 6.13. The molecule has 2 aromatic heterocycles. The van der Waals surface area contributed by atoms with Gasteiger partial charge in [0, 0.05) is 26.2 Å². The van der Waals surface area contributed by atoms with E-state index < -0.39 is 18.0 Å². The second-order valence-electron chi connectivity index (χ2n) is 7.56. The zero-order chi connectivity index (χ0) is 24.8. The molecule has 184 valence electrons. The number of aromatic nitrogens is 2. The zero-order valence-electron chi connectivity index (χ0n) is 18.4. The Labute approximate surface area is 203 Å². The SMILES string of the molecule is O=C(C1COc2ccccc2O1)N1CCN(Cc2nc(-c3cccs3)no2)CC1.O=C(O)C(=O)O. The predicted molar refractivity (Wildman–Crippen MR) is 121 cm³/mol. The van der Waals surface area contributed by atoms with Crippen molar-refractivity contribution in [3.05, 3.63) is 47.7 Å². The Morgan fingerprint density at radius 1 is 1.00 bits per heavy atom. The van der Waals surface area contributed by atoms with Gasteiger partial charge in [-0.3, -0.25) is 9.69 Å². The minimum absolute atomic E-state index is 0.0306. The van der Waals surface area contributed by atoms with Crippen LogP contribution in [0.25, 0.3) is 10.7 Å². The van der Waals surface area contributed by atoms with Crippen molar-refractivity contribution in [2.24, 2.45) is 0 Å². The number of fused-ring (bicyclic) bond motifs is 1. The summed E-state index contributed by atoms with van der Waals surface area (Å²) < 4.78 is 16.9. The third-order valence-electron chi connectivity index (χ3n) is 5.22. The van der Waals surface area contributed by atoms with Gasteiger partial charge in [0.1, 0.15) is 6.61 Å². The summed E-state index contributed by atoms with van der Waals surface area (Å²) in [6.45, 7) is 3.57. The van der Waals surface area contributed by atoms with E-state index >= 15 is 0 Å². The van der Waals surface area contributed by atoms with Gasteiger partial charge in [-0.2, -0.15) is 4.98 Å². The molecule has 0 aliphatic carbocycles. The molecule has 1 saturated heterocycles. The van der Waals surface area contributed by atoms with Crippen molar-refractivity contribution in [3.8, 4) is 22.2 Å². The minimum atomic E-state index is -1.82. The predicted octanol–water partition coefficient (Wildman–Crippen LogP) is 1.44. The highest BCUT2D eigenvalue weighted by Gasteiger charge is 2.33. The molecular formula is C22H22N4O8S. The Morgan fingerprint density at radius 2 is 1.71 bits per heavy atom. The first-order valence-corrected chi connectivity index (χ1v) is 11.5. The van der Waals surface area contributed by atoms with Crippen LogP contribution in [0.4, 0.5) is 0 Å². The van der Waals surface area contributed by atoms with Crippen LogP contribution in [0.3, 0.4) is 0 Å². The smallest absolute Gasteiger partial charge is 0.414 e. The number of carboxylic acids is 2. The van der Waals surface area contributed by atoms with Crippen LogP contribution in [0.15, 0.2) is 46.3 Å². The summed E-state index contributed by atoms with van der Waals surface area (Å²) in [7, 11) is 0. The molecule has 1 unspecified atom stereocenters. The van der Waals surface area contributed by atoms with Crippen molar-refractivity contribution in [1.29, 1.82) is 0 Å². The Kier molecular flexibility index (Phi) is 7.57. The lowest BCUT2D eigenvalue weighted by molar-refractivity contribution is -0.159. The Morgan fingerprint density at radius 3 is 2.37 bits per heavy atom. The van der Waals surface area contributed by atoms with E-state index in [1.54, 1.807) is 11.3 Å². The second-order valence-corrected chi connectivity index (χ2v) is 8.51. The summed E-state index contributed by atoms with van der Waals surface area (Å²) in [5, 5.41) is 20.8. The third-order valence-corrected chi connectivity index (χ3v) is 6.09. The number of carboxylic acid groups (broad SMARTS) is 2. The Balaban J connectivity index is 0.000000431.